The molecule has 16 heavy (non-hydrogen) atoms. The average Bonchev–Trinajstić information content (AvgIpc) is 2.55. The molecule has 0 spiro atoms. The molecule has 86 valence electrons. The quantitative estimate of drug-likeness (QED) is 0.857. The van der Waals surface area contributed by atoms with Crippen molar-refractivity contribution in [2.75, 3.05) is 5.73 Å². The highest BCUT2D eigenvalue weighted by molar-refractivity contribution is 5.73. The van der Waals surface area contributed by atoms with Crippen LogP contribution < -0.4 is 5.73 Å². The maximum atomic E-state index is 5.88. The molecule has 4 nitrogen and oxygen atoms in total. The topological polar surface area (TPSA) is 56.7 Å². The molecule has 0 saturated heterocycles. The number of nitrogens with zero attached hydrogens (tertiary/aromatic N) is 3. The summed E-state index contributed by atoms with van der Waals surface area (Å²) in [6, 6.07) is 3.82. The number of nitrogen functional groups attached to an aromatic ring is 1. The summed E-state index contributed by atoms with van der Waals surface area (Å²) >= 11 is 0. The van der Waals surface area contributed by atoms with Crippen LogP contribution >= 0.6 is 0 Å². The van der Waals surface area contributed by atoms with Crippen molar-refractivity contribution in [1.29, 1.82) is 0 Å². The predicted molar refractivity (Wildman–Crippen MR) is 66.0 cm³/mol. The summed E-state index contributed by atoms with van der Waals surface area (Å²) < 4.78 is 2.00. The number of hydrogen-bond acceptors (Lipinski definition) is 3. The molecule has 0 aliphatic rings. The van der Waals surface area contributed by atoms with Gasteiger partial charge in [-0.1, -0.05) is 13.8 Å². The minimum Gasteiger partial charge on any atom is -0.369 e. The van der Waals surface area contributed by atoms with E-state index in [1.165, 1.54) is 6.42 Å². The predicted octanol–water partition coefficient (Wildman–Crippen LogP) is 2.45. The molecule has 0 aliphatic carbocycles. The first-order valence-corrected chi connectivity index (χ1v) is 5.75. The minimum atomic E-state index is 0.567. The second-order valence-corrected chi connectivity index (χ2v) is 4.50. The second kappa shape index (κ2) is 4.51. The Morgan fingerprint density at radius 1 is 1.44 bits per heavy atom. The van der Waals surface area contributed by atoms with Crippen LogP contribution in [0.1, 0.15) is 26.7 Å². The van der Waals surface area contributed by atoms with E-state index in [0.717, 1.165) is 30.0 Å². The lowest BCUT2D eigenvalue weighted by atomic mass is 10.1. The Balaban J connectivity index is 2.19. The van der Waals surface area contributed by atoms with Gasteiger partial charge in [0.25, 0.3) is 0 Å². The molecule has 2 rings (SSSR count). The summed E-state index contributed by atoms with van der Waals surface area (Å²) in [7, 11) is 0. The molecule has 2 heterocycles. The fourth-order valence-corrected chi connectivity index (χ4v) is 1.85. The van der Waals surface area contributed by atoms with Gasteiger partial charge in [0, 0.05) is 12.7 Å². The van der Waals surface area contributed by atoms with Gasteiger partial charge in [0.05, 0.1) is 0 Å². The Kier molecular flexibility index (Phi) is 3.08. The number of rotatable bonds is 4. The van der Waals surface area contributed by atoms with E-state index in [0.29, 0.717) is 5.95 Å². The standard InChI is InChI=1S/C12H18N4/c1-9(2)5-4-8-16-11-10(15-12(16)13)6-3-7-14-11/h3,6-7,9H,4-5,8H2,1-2H3,(H2,13,15). The number of aromatic nitrogens is 3. The first kappa shape index (κ1) is 10.9. The zero-order valence-corrected chi connectivity index (χ0v) is 9.85. The Hall–Kier alpha value is -1.58. The highest BCUT2D eigenvalue weighted by Gasteiger charge is 2.08. The van der Waals surface area contributed by atoms with Gasteiger partial charge in [-0.05, 0) is 30.9 Å². The molecule has 0 aliphatic heterocycles. The van der Waals surface area contributed by atoms with Crippen LogP contribution in [0.15, 0.2) is 18.3 Å². The van der Waals surface area contributed by atoms with Crippen molar-refractivity contribution in [3.63, 3.8) is 0 Å². The molecule has 0 amide bonds. The van der Waals surface area contributed by atoms with Crippen molar-refractivity contribution >= 4 is 17.1 Å². The largest absolute Gasteiger partial charge is 0.369 e. The van der Waals surface area contributed by atoms with Crippen LogP contribution in [0.4, 0.5) is 5.95 Å². The highest BCUT2D eigenvalue weighted by atomic mass is 15.2. The summed E-state index contributed by atoms with van der Waals surface area (Å²) in [6.07, 6.45) is 4.10. The number of pyridine rings is 1. The number of imidazole rings is 1. The van der Waals surface area contributed by atoms with Crippen molar-refractivity contribution in [3.05, 3.63) is 18.3 Å². The van der Waals surface area contributed by atoms with E-state index in [1.54, 1.807) is 6.20 Å². The lowest BCUT2D eigenvalue weighted by molar-refractivity contribution is 0.518. The van der Waals surface area contributed by atoms with Crippen LogP contribution in [-0.2, 0) is 6.54 Å². The van der Waals surface area contributed by atoms with Crippen molar-refractivity contribution in [3.8, 4) is 0 Å². The fourth-order valence-electron chi connectivity index (χ4n) is 1.85. The van der Waals surface area contributed by atoms with E-state index in [1.807, 2.05) is 16.7 Å². The van der Waals surface area contributed by atoms with Crippen molar-refractivity contribution in [1.82, 2.24) is 14.5 Å². The first-order valence-electron chi connectivity index (χ1n) is 5.75. The van der Waals surface area contributed by atoms with Crippen LogP contribution in [0.2, 0.25) is 0 Å². The molecule has 0 fully saturated rings. The van der Waals surface area contributed by atoms with Gasteiger partial charge in [-0.3, -0.25) is 4.57 Å². The molecule has 0 unspecified atom stereocenters. The van der Waals surface area contributed by atoms with E-state index in [9.17, 15) is 0 Å². The molecule has 0 radical (unpaired) electrons. The monoisotopic (exact) mass is 218 g/mol. The summed E-state index contributed by atoms with van der Waals surface area (Å²) in [5, 5.41) is 0. The normalized spacial score (nSPS) is 11.4. The number of aryl methyl sites for hydroxylation is 1. The van der Waals surface area contributed by atoms with Crippen LogP contribution in [-0.4, -0.2) is 14.5 Å². The molecule has 2 aromatic rings. The maximum absolute atomic E-state index is 5.88. The molecule has 0 bridgehead atoms. The van der Waals surface area contributed by atoms with Crippen LogP contribution in [0.3, 0.4) is 0 Å². The third kappa shape index (κ3) is 2.15. The fraction of sp³-hybridized carbons (Fsp3) is 0.500. The Morgan fingerprint density at radius 2 is 2.25 bits per heavy atom. The van der Waals surface area contributed by atoms with Crippen molar-refractivity contribution in [2.45, 2.75) is 33.2 Å². The average molecular weight is 218 g/mol. The van der Waals surface area contributed by atoms with Crippen LogP contribution in [0, 0.1) is 5.92 Å². The third-order valence-corrected chi connectivity index (χ3v) is 2.70. The molecule has 0 atom stereocenters. The van der Waals surface area contributed by atoms with E-state index in [4.69, 9.17) is 5.73 Å². The first-order chi connectivity index (χ1) is 7.68. The highest BCUT2D eigenvalue weighted by Crippen LogP contribution is 2.16. The summed E-state index contributed by atoms with van der Waals surface area (Å²) in [5.41, 5.74) is 7.65. The van der Waals surface area contributed by atoms with Crippen molar-refractivity contribution < 1.29 is 0 Å². The number of hydrogen-bond donors (Lipinski definition) is 1. The summed E-state index contributed by atoms with van der Waals surface area (Å²) in [5.74, 6) is 1.29. The molecule has 0 aromatic carbocycles. The third-order valence-electron chi connectivity index (χ3n) is 2.70. The number of nitrogens with two attached hydrogens (primary N) is 1. The number of fused-ring (bicyclic) bond motifs is 1. The lowest BCUT2D eigenvalue weighted by Crippen LogP contribution is -2.05. The van der Waals surface area contributed by atoms with Crippen LogP contribution in [0.5, 0.6) is 0 Å². The molecule has 2 aromatic heterocycles. The van der Waals surface area contributed by atoms with Gasteiger partial charge < -0.3 is 5.73 Å². The molecule has 0 saturated carbocycles. The summed E-state index contributed by atoms with van der Waals surface area (Å²) in [6.45, 7) is 5.36. The molecular weight excluding hydrogens is 200 g/mol. The Labute approximate surface area is 95.5 Å². The Bertz CT molecular complexity index is 473. The molecule has 4 heteroatoms. The van der Waals surface area contributed by atoms with E-state index >= 15 is 0 Å². The van der Waals surface area contributed by atoms with Gasteiger partial charge in [0.15, 0.2) is 5.65 Å². The van der Waals surface area contributed by atoms with E-state index < -0.39 is 0 Å². The SMILES string of the molecule is CC(C)CCCn1c(N)nc2cccnc21. The number of anilines is 1. The van der Waals surface area contributed by atoms with Crippen LogP contribution in [0.25, 0.3) is 11.2 Å². The maximum Gasteiger partial charge on any atom is 0.202 e. The summed E-state index contributed by atoms with van der Waals surface area (Å²) in [4.78, 5) is 8.61. The molecule has 2 N–H and O–H groups in total. The van der Waals surface area contributed by atoms with E-state index in [-0.39, 0.29) is 0 Å². The van der Waals surface area contributed by atoms with Gasteiger partial charge >= 0.3 is 0 Å². The van der Waals surface area contributed by atoms with Crippen molar-refractivity contribution in [2.24, 2.45) is 5.92 Å². The second-order valence-electron chi connectivity index (χ2n) is 4.50. The zero-order valence-electron chi connectivity index (χ0n) is 9.85. The smallest absolute Gasteiger partial charge is 0.202 e. The minimum absolute atomic E-state index is 0.567. The van der Waals surface area contributed by atoms with E-state index in [2.05, 4.69) is 23.8 Å². The van der Waals surface area contributed by atoms with Gasteiger partial charge in [-0.15, -0.1) is 0 Å². The van der Waals surface area contributed by atoms with Gasteiger partial charge in [0.1, 0.15) is 5.52 Å². The lowest BCUT2D eigenvalue weighted by Gasteiger charge is -2.07. The van der Waals surface area contributed by atoms with Gasteiger partial charge in [0.2, 0.25) is 5.95 Å². The zero-order chi connectivity index (χ0) is 11.5. The Morgan fingerprint density at radius 3 is 3.00 bits per heavy atom. The molecular formula is C12H18N4. The van der Waals surface area contributed by atoms with Gasteiger partial charge in [-0.25, -0.2) is 9.97 Å². The van der Waals surface area contributed by atoms with Gasteiger partial charge in [-0.2, -0.15) is 0 Å².